The van der Waals surface area contributed by atoms with Gasteiger partial charge in [0.15, 0.2) is 0 Å². The monoisotopic (exact) mass is 380 g/mol. The summed E-state index contributed by atoms with van der Waals surface area (Å²) in [6, 6.07) is 6.42. The van der Waals surface area contributed by atoms with Crippen LogP contribution in [0.4, 0.5) is 5.69 Å². The minimum absolute atomic E-state index is 0.229. The van der Waals surface area contributed by atoms with Gasteiger partial charge in [-0.1, -0.05) is 11.6 Å². The fourth-order valence-corrected chi connectivity index (χ4v) is 4.07. The van der Waals surface area contributed by atoms with Crippen molar-refractivity contribution in [1.29, 1.82) is 0 Å². The zero-order valence-electron chi connectivity index (χ0n) is 9.56. The van der Waals surface area contributed by atoms with Crippen molar-refractivity contribution in [3.63, 3.8) is 0 Å². The van der Waals surface area contributed by atoms with Gasteiger partial charge in [-0.15, -0.1) is 11.3 Å². The number of anilines is 1. The number of hydrogen-bond acceptors (Lipinski definition) is 4. The minimum Gasteiger partial charge on any atom is -0.326 e. The van der Waals surface area contributed by atoms with Gasteiger partial charge in [0.05, 0.1) is 10.7 Å². The van der Waals surface area contributed by atoms with Gasteiger partial charge in [0.1, 0.15) is 4.21 Å². The zero-order chi connectivity index (χ0) is 14.0. The van der Waals surface area contributed by atoms with Crippen LogP contribution in [0.1, 0.15) is 5.56 Å². The molecule has 102 valence electrons. The van der Waals surface area contributed by atoms with E-state index in [9.17, 15) is 8.42 Å². The lowest BCUT2D eigenvalue weighted by Crippen LogP contribution is -2.11. The van der Waals surface area contributed by atoms with Crippen molar-refractivity contribution in [2.24, 2.45) is 5.73 Å². The Bertz CT molecular complexity index is 700. The number of rotatable bonds is 4. The first kappa shape index (κ1) is 14.8. The van der Waals surface area contributed by atoms with Crippen molar-refractivity contribution in [3.8, 4) is 0 Å². The lowest BCUT2D eigenvalue weighted by Gasteiger charge is -2.07. The molecule has 1 aromatic heterocycles. The largest absolute Gasteiger partial charge is 0.326 e. The quantitative estimate of drug-likeness (QED) is 0.852. The third-order valence-electron chi connectivity index (χ3n) is 2.30. The lowest BCUT2D eigenvalue weighted by atomic mass is 10.3. The van der Waals surface area contributed by atoms with Crippen LogP contribution < -0.4 is 10.5 Å². The van der Waals surface area contributed by atoms with Crippen LogP contribution in [0.25, 0.3) is 0 Å². The van der Waals surface area contributed by atoms with E-state index >= 15 is 0 Å². The Morgan fingerprint density at radius 3 is 2.68 bits per heavy atom. The molecule has 4 nitrogen and oxygen atoms in total. The first-order valence-electron chi connectivity index (χ1n) is 5.18. The van der Waals surface area contributed by atoms with Gasteiger partial charge in [-0.2, -0.15) is 0 Å². The third-order valence-corrected chi connectivity index (χ3v) is 6.40. The highest BCUT2D eigenvalue weighted by atomic mass is 79.9. The van der Waals surface area contributed by atoms with Gasteiger partial charge in [-0.05, 0) is 51.1 Å². The normalized spacial score (nSPS) is 11.5. The molecule has 0 amide bonds. The molecule has 8 heteroatoms. The highest BCUT2D eigenvalue weighted by Gasteiger charge is 2.17. The van der Waals surface area contributed by atoms with Gasteiger partial charge in [-0.3, -0.25) is 4.72 Å². The molecule has 19 heavy (non-hydrogen) atoms. The average molecular weight is 382 g/mol. The van der Waals surface area contributed by atoms with Gasteiger partial charge < -0.3 is 5.73 Å². The second-order valence-electron chi connectivity index (χ2n) is 3.71. The van der Waals surface area contributed by atoms with Gasteiger partial charge in [0.2, 0.25) is 0 Å². The van der Waals surface area contributed by atoms with Crippen molar-refractivity contribution in [2.45, 2.75) is 10.8 Å². The summed E-state index contributed by atoms with van der Waals surface area (Å²) in [5.41, 5.74) is 6.67. The van der Waals surface area contributed by atoms with Crippen LogP contribution in [-0.2, 0) is 16.6 Å². The number of sulfonamides is 1. The van der Waals surface area contributed by atoms with Crippen molar-refractivity contribution >= 4 is 54.6 Å². The number of nitrogens with two attached hydrogens (primary N) is 1. The first-order chi connectivity index (χ1) is 8.92. The van der Waals surface area contributed by atoms with E-state index in [2.05, 4.69) is 20.7 Å². The Balaban J connectivity index is 2.28. The van der Waals surface area contributed by atoms with E-state index in [0.717, 1.165) is 16.9 Å². The predicted molar refractivity (Wildman–Crippen MR) is 82.2 cm³/mol. The van der Waals surface area contributed by atoms with E-state index in [4.69, 9.17) is 17.3 Å². The predicted octanol–water partition coefficient (Wildman–Crippen LogP) is 3.42. The molecule has 0 atom stereocenters. The fourth-order valence-electron chi connectivity index (χ4n) is 1.37. The number of benzene rings is 1. The third kappa shape index (κ3) is 3.49. The molecule has 0 saturated heterocycles. The van der Waals surface area contributed by atoms with Crippen molar-refractivity contribution in [1.82, 2.24) is 0 Å². The summed E-state index contributed by atoms with van der Waals surface area (Å²) >= 11 is 10.3. The highest BCUT2D eigenvalue weighted by Crippen LogP contribution is 2.28. The molecular weight excluding hydrogens is 372 g/mol. The summed E-state index contributed by atoms with van der Waals surface area (Å²) in [6.45, 7) is 0.316. The maximum atomic E-state index is 12.1. The summed E-state index contributed by atoms with van der Waals surface area (Å²) in [7, 11) is -3.59. The Kier molecular flexibility index (Phi) is 4.52. The summed E-state index contributed by atoms with van der Waals surface area (Å²) in [5.74, 6) is 0. The van der Waals surface area contributed by atoms with Crippen LogP contribution in [-0.4, -0.2) is 8.42 Å². The second-order valence-corrected chi connectivity index (χ2v) is 7.79. The molecule has 0 spiro atoms. The Labute approximate surface area is 128 Å². The van der Waals surface area contributed by atoms with E-state index < -0.39 is 10.0 Å². The van der Waals surface area contributed by atoms with Crippen LogP contribution in [0, 0.1) is 0 Å². The van der Waals surface area contributed by atoms with E-state index in [0.29, 0.717) is 21.7 Å². The summed E-state index contributed by atoms with van der Waals surface area (Å²) in [5, 5.41) is 2.16. The number of halogens is 2. The Morgan fingerprint density at radius 2 is 2.11 bits per heavy atom. The summed E-state index contributed by atoms with van der Waals surface area (Å²) in [6.07, 6.45) is 0. The van der Waals surface area contributed by atoms with Crippen LogP contribution in [0.5, 0.6) is 0 Å². The average Bonchev–Trinajstić information content (AvgIpc) is 2.83. The van der Waals surface area contributed by atoms with Crippen LogP contribution in [0.3, 0.4) is 0 Å². The molecule has 0 aliphatic rings. The zero-order valence-corrected chi connectivity index (χ0v) is 13.5. The van der Waals surface area contributed by atoms with Crippen LogP contribution in [0.2, 0.25) is 5.02 Å². The number of hydrogen-bond donors (Lipinski definition) is 2. The first-order valence-corrected chi connectivity index (χ1v) is 8.71. The molecule has 0 saturated carbocycles. The molecule has 1 heterocycles. The van der Waals surface area contributed by atoms with E-state index in [1.165, 1.54) is 0 Å². The maximum absolute atomic E-state index is 12.1. The van der Waals surface area contributed by atoms with Crippen LogP contribution in [0.15, 0.2) is 38.3 Å². The minimum atomic E-state index is -3.59. The Hall–Kier alpha value is -0.600. The molecule has 0 aliphatic heterocycles. The SMILES string of the molecule is NCc1csc(S(=O)(=O)Nc2ccc(Br)c(Cl)c2)c1. The smallest absolute Gasteiger partial charge is 0.271 e. The molecule has 2 aromatic rings. The van der Waals surface area contributed by atoms with Crippen molar-refractivity contribution in [3.05, 3.63) is 44.7 Å². The molecule has 0 radical (unpaired) electrons. The molecule has 2 rings (SSSR count). The standard InChI is InChI=1S/C11H10BrClN2O2S2/c12-9-2-1-8(4-10(9)13)15-19(16,17)11-3-7(5-14)6-18-11/h1-4,6,15H,5,14H2. The summed E-state index contributed by atoms with van der Waals surface area (Å²) < 4.78 is 27.7. The van der Waals surface area contributed by atoms with Gasteiger partial charge in [-0.25, -0.2) is 8.42 Å². The Morgan fingerprint density at radius 1 is 1.37 bits per heavy atom. The van der Waals surface area contributed by atoms with E-state index in [1.807, 2.05) is 0 Å². The maximum Gasteiger partial charge on any atom is 0.271 e. The van der Waals surface area contributed by atoms with E-state index in [-0.39, 0.29) is 4.21 Å². The topological polar surface area (TPSA) is 72.2 Å². The molecule has 1 aromatic carbocycles. The van der Waals surface area contributed by atoms with Gasteiger partial charge >= 0.3 is 0 Å². The molecule has 3 N–H and O–H groups in total. The second kappa shape index (κ2) is 5.80. The molecular formula is C11H10BrClN2O2S2. The lowest BCUT2D eigenvalue weighted by molar-refractivity contribution is 0.603. The molecule has 0 fully saturated rings. The van der Waals surface area contributed by atoms with Gasteiger partial charge in [0.25, 0.3) is 10.0 Å². The fraction of sp³-hybridized carbons (Fsp3) is 0.0909. The molecule has 0 aliphatic carbocycles. The van der Waals surface area contributed by atoms with Gasteiger partial charge in [0, 0.05) is 11.0 Å². The highest BCUT2D eigenvalue weighted by molar-refractivity contribution is 9.10. The number of thiophene rings is 1. The molecule has 0 bridgehead atoms. The summed E-state index contributed by atoms with van der Waals surface area (Å²) in [4.78, 5) is 0. The number of nitrogens with one attached hydrogen (secondary N) is 1. The van der Waals surface area contributed by atoms with Crippen molar-refractivity contribution < 1.29 is 8.42 Å². The molecule has 0 unspecified atom stereocenters. The van der Waals surface area contributed by atoms with Crippen LogP contribution >= 0.6 is 38.9 Å². The van der Waals surface area contributed by atoms with E-state index in [1.54, 1.807) is 29.6 Å². The van der Waals surface area contributed by atoms with Crippen molar-refractivity contribution in [2.75, 3.05) is 4.72 Å².